The third-order valence-corrected chi connectivity index (χ3v) is 3.24. The van der Waals surface area contributed by atoms with Crippen molar-refractivity contribution in [2.75, 3.05) is 6.61 Å². The van der Waals surface area contributed by atoms with E-state index in [0.717, 1.165) is 16.9 Å². The second-order valence-corrected chi connectivity index (χ2v) is 4.93. The van der Waals surface area contributed by atoms with Crippen molar-refractivity contribution in [2.24, 2.45) is 0 Å². The van der Waals surface area contributed by atoms with Crippen LogP contribution in [0.25, 0.3) is 0 Å². The summed E-state index contributed by atoms with van der Waals surface area (Å²) in [6, 6.07) is 17.1. The fourth-order valence-corrected chi connectivity index (χ4v) is 2.04. The zero-order chi connectivity index (χ0) is 15.8. The molecular weight excluding hydrogens is 278 g/mol. The van der Waals surface area contributed by atoms with Crippen LogP contribution in [0.1, 0.15) is 31.0 Å². The third kappa shape index (κ3) is 4.81. The average Bonchev–Trinajstić information content (AvgIpc) is 2.55. The van der Waals surface area contributed by atoms with Crippen molar-refractivity contribution < 1.29 is 14.3 Å². The summed E-state index contributed by atoms with van der Waals surface area (Å²) in [6.45, 7) is 4.77. The van der Waals surface area contributed by atoms with Crippen LogP contribution >= 0.6 is 0 Å². The van der Waals surface area contributed by atoms with E-state index in [0.29, 0.717) is 6.61 Å². The molecular formula is C18H21NO3. The fourth-order valence-electron chi connectivity index (χ4n) is 2.04. The molecule has 2 aromatic rings. The molecule has 1 N–H and O–H groups in total. The molecule has 0 saturated heterocycles. The van der Waals surface area contributed by atoms with Crippen molar-refractivity contribution in [2.45, 2.75) is 26.5 Å². The molecule has 0 radical (unpaired) electrons. The van der Waals surface area contributed by atoms with Crippen LogP contribution in [-0.2, 0) is 11.3 Å². The average molecular weight is 299 g/mol. The number of ether oxygens (including phenoxy) is 2. The first kappa shape index (κ1) is 15.9. The molecule has 2 rings (SSSR count). The summed E-state index contributed by atoms with van der Waals surface area (Å²) in [4.78, 5) is 11.8. The van der Waals surface area contributed by atoms with Gasteiger partial charge < -0.3 is 14.8 Å². The zero-order valence-corrected chi connectivity index (χ0v) is 12.9. The predicted molar refractivity (Wildman–Crippen MR) is 85.8 cm³/mol. The predicted octanol–water partition coefficient (Wildman–Crippen LogP) is 4.07. The number of hydrogen-bond donors (Lipinski definition) is 1. The molecule has 1 unspecified atom stereocenters. The van der Waals surface area contributed by atoms with Crippen molar-refractivity contribution in [3.8, 4) is 5.75 Å². The van der Waals surface area contributed by atoms with E-state index in [1.807, 2.05) is 68.4 Å². The molecule has 2 aromatic carbocycles. The first-order chi connectivity index (χ1) is 10.7. The Bertz CT molecular complexity index is 581. The van der Waals surface area contributed by atoms with E-state index in [2.05, 4.69) is 5.32 Å². The lowest BCUT2D eigenvalue weighted by molar-refractivity contribution is 0.136. The normalized spacial score (nSPS) is 11.5. The van der Waals surface area contributed by atoms with Gasteiger partial charge >= 0.3 is 6.09 Å². The van der Waals surface area contributed by atoms with Gasteiger partial charge in [0.2, 0.25) is 0 Å². The third-order valence-electron chi connectivity index (χ3n) is 3.24. The van der Waals surface area contributed by atoms with Gasteiger partial charge in [-0.2, -0.15) is 0 Å². The van der Waals surface area contributed by atoms with Gasteiger partial charge in [-0.3, -0.25) is 0 Å². The van der Waals surface area contributed by atoms with Crippen LogP contribution in [0.5, 0.6) is 5.75 Å². The van der Waals surface area contributed by atoms with Crippen LogP contribution in [0.2, 0.25) is 0 Å². The molecule has 0 spiro atoms. The molecule has 0 saturated carbocycles. The van der Waals surface area contributed by atoms with Crippen LogP contribution in [0.3, 0.4) is 0 Å². The summed E-state index contributed by atoms with van der Waals surface area (Å²) in [7, 11) is 0. The highest BCUT2D eigenvalue weighted by Crippen LogP contribution is 2.17. The lowest BCUT2D eigenvalue weighted by Gasteiger charge is -2.15. The van der Waals surface area contributed by atoms with Gasteiger partial charge in [0.05, 0.1) is 12.6 Å². The summed E-state index contributed by atoms with van der Waals surface area (Å²) in [6.07, 6.45) is -0.426. The highest BCUT2D eigenvalue weighted by atomic mass is 16.5. The van der Waals surface area contributed by atoms with Gasteiger partial charge in [-0.05, 0) is 37.1 Å². The number of alkyl carbamates (subject to hydrolysis) is 1. The summed E-state index contributed by atoms with van der Waals surface area (Å²) >= 11 is 0. The smallest absolute Gasteiger partial charge is 0.407 e. The standard InChI is InChI=1S/C18H21NO3/c1-3-21-17-11-9-16(10-12-17)14(2)19-18(20)22-13-15-7-5-4-6-8-15/h4-12,14H,3,13H2,1-2H3,(H,19,20). The number of benzene rings is 2. The molecule has 1 atom stereocenters. The quantitative estimate of drug-likeness (QED) is 0.874. The molecule has 0 aliphatic heterocycles. The minimum atomic E-state index is -0.426. The molecule has 0 heterocycles. The Morgan fingerprint density at radius 3 is 2.41 bits per heavy atom. The lowest BCUT2D eigenvalue weighted by atomic mass is 10.1. The van der Waals surface area contributed by atoms with Crippen molar-refractivity contribution in [3.63, 3.8) is 0 Å². The summed E-state index contributed by atoms with van der Waals surface area (Å²) in [5.74, 6) is 0.824. The van der Waals surface area contributed by atoms with E-state index >= 15 is 0 Å². The maximum absolute atomic E-state index is 11.8. The molecule has 0 aromatic heterocycles. The van der Waals surface area contributed by atoms with Gasteiger partial charge in [0, 0.05) is 0 Å². The molecule has 4 nitrogen and oxygen atoms in total. The van der Waals surface area contributed by atoms with Crippen molar-refractivity contribution >= 4 is 6.09 Å². The minimum absolute atomic E-state index is 0.126. The van der Waals surface area contributed by atoms with Gasteiger partial charge in [0.25, 0.3) is 0 Å². The molecule has 1 amide bonds. The Kier molecular flexibility index (Phi) is 5.83. The summed E-state index contributed by atoms with van der Waals surface area (Å²) < 4.78 is 10.6. The number of carbonyl (C=O) groups excluding carboxylic acids is 1. The van der Waals surface area contributed by atoms with Crippen LogP contribution in [0.15, 0.2) is 54.6 Å². The molecule has 0 bridgehead atoms. The SMILES string of the molecule is CCOc1ccc(C(C)NC(=O)OCc2ccccc2)cc1. The maximum Gasteiger partial charge on any atom is 0.407 e. The number of hydrogen-bond acceptors (Lipinski definition) is 3. The highest BCUT2D eigenvalue weighted by Gasteiger charge is 2.10. The minimum Gasteiger partial charge on any atom is -0.494 e. The van der Waals surface area contributed by atoms with E-state index in [4.69, 9.17) is 9.47 Å². The second kappa shape index (κ2) is 8.08. The van der Waals surface area contributed by atoms with Gasteiger partial charge in [-0.25, -0.2) is 4.79 Å². The van der Waals surface area contributed by atoms with Gasteiger partial charge in [0.15, 0.2) is 0 Å². The topological polar surface area (TPSA) is 47.6 Å². The van der Waals surface area contributed by atoms with E-state index in [-0.39, 0.29) is 12.6 Å². The van der Waals surface area contributed by atoms with Crippen molar-refractivity contribution in [3.05, 3.63) is 65.7 Å². The molecule has 0 fully saturated rings. The van der Waals surface area contributed by atoms with Crippen LogP contribution in [0.4, 0.5) is 4.79 Å². The van der Waals surface area contributed by atoms with Crippen LogP contribution < -0.4 is 10.1 Å². The van der Waals surface area contributed by atoms with Crippen molar-refractivity contribution in [1.29, 1.82) is 0 Å². The molecule has 0 aliphatic rings. The fraction of sp³-hybridized carbons (Fsp3) is 0.278. The van der Waals surface area contributed by atoms with Crippen LogP contribution in [0, 0.1) is 0 Å². The summed E-state index contributed by atoms with van der Waals surface area (Å²) in [5.41, 5.74) is 1.96. The largest absolute Gasteiger partial charge is 0.494 e. The second-order valence-electron chi connectivity index (χ2n) is 4.93. The Hall–Kier alpha value is -2.49. The van der Waals surface area contributed by atoms with E-state index in [1.54, 1.807) is 0 Å². The first-order valence-electron chi connectivity index (χ1n) is 7.39. The first-order valence-corrected chi connectivity index (χ1v) is 7.39. The van der Waals surface area contributed by atoms with Gasteiger partial charge in [-0.15, -0.1) is 0 Å². The van der Waals surface area contributed by atoms with Gasteiger partial charge in [-0.1, -0.05) is 42.5 Å². The highest BCUT2D eigenvalue weighted by molar-refractivity contribution is 5.67. The molecule has 116 valence electrons. The monoisotopic (exact) mass is 299 g/mol. The number of nitrogens with one attached hydrogen (secondary N) is 1. The molecule has 22 heavy (non-hydrogen) atoms. The number of carbonyl (C=O) groups is 1. The summed E-state index contributed by atoms with van der Waals surface area (Å²) in [5, 5.41) is 2.82. The van der Waals surface area contributed by atoms with Crippen molar-refractivity contribution in [1.82, 2.24) is 5.32 Å². The molecule has 0 aliphatic carbocycles. The van der Waals surface area contributed by atoms with Crippen LogP contribution in [-0.4, -0.2) is 12.7 Å². The van der Waals surface area contributed by atoms with E-state index < -0.39 is 6.09 Å². The molecule has 4 heteroatoms. The van der Waals surface area contributed by atoms with E-state index in [1.165, 1.54) is 0 Å². The number of amides is 1. The number of rotatable bonds is 6. The van der Waals surface area contributed by atoms with E-state index in [9.17, 15) is 4.79 Å². The Labute approximate surface area is 131 Å². The Morgan fingerprint density at radius 1 is 1.09 bits per heavy atom. The maximum atomic E-state index is 11.8. The zero-order valence-electron chi connectivity index (χ0n) is 12.9. The van der Waals surface area contributed by atoms with Gasteiger partial charge in [0.1, 0.15) is 12.4 Å². The lowest BCUT2D eigenvalue weighted by Crippen LogP contribution is -2.27. The Morgan fingerprint density at radius 2 is 1.77 bits per heavy atom. The Balaban J connectivity index is 1.82.